The largest absolute Gasteiger partial charge is 0.376 e. The quantitative estimate of drug-likeness (QED) is 0.602. The van der Waals surface area contributed by atoms with Gasteiger partial charge in [-0.25, -0.2) is 4.98 Å². The summed E-state index contributed by atoms with van der Waals surface area (Å²) in [5.74, 6) is -0.761. The molecule has 3 rings (SSSR count). The van der Waals surface area contributed by atoms with Crippen molar-refractivity contribution in [3.63, 3.8) is 0 Å². The number of carbonyl (C=O) groups is 3. The summed E-state index contributed by atoms with van der Waals surface area (Å²) >= 11 is 1.32. The number of ether oxygens (including phenoxy) is 1. The molecule has 1 aromatic carbocycles. The maximum absolute atomic E-state index is 12.8. The van der Waals surface area contributed by atoms with E-state index in [2.05, 4.69) is 15.6 Å². The maximum Gasteiger partial charge on any atom is 0.239 e. The number of amides is 3. The number of rotatable bonds is 10. The summed E-state index contributed by atoms with van der Waals surface area (Å²) < 4.78 is 5.52. The Balaban J connectivity index is 1.52. The third kappa shape index (κ3) is 7.23. The van der Waals surface area contributed by atoms with Gasteiger partial charge in [0.05, 0.1) is 12.6 Å². The topological polar surface area (TPSA) is 101 Å². The molecule has 0 unspecified atom stereocenters. The van der Waals surface area contributed by atoms with Crippen molar-refractivity contribution in [2.45, 2.75) is 38.3 Å². The molecule has 0 saturated carbocycles. The Kier molecular flexibility index (Phi) is 8.34. The molecule has 1 fully saturated rings. The van der Waals surface area contributed by atoms with Crippen LogP contribution < -0.4 is 10.6 Å². The molecule has 2 aromatic rings. The lowest BCUT2D eigenvalue weighted by atomic mass is 10.2. The first-order chi connectivity index (χ1) is 14.6. The van der Waals surface area contributed by atoms with E-state index >= 15 is 0 Å². The zero-order valence-corrected chi connectivity index (χ0v) is 17.5. The van der Waals surface area contributed by atoms with Gasteiger partial charge in [-0.3, -0.25) is 14.4 Å². The van der Waals surface area contributed by atoms with Crippen LogP contribution in [-0.4, -0.2) is 53.4 Å². The van der Waals surface area contributed by atoms with E-state index in [1.807, 2.05) is 30.3 Å². The third-order valence-corrected chi connectivity index (χ3v) is 5.39. The number of hydrogen-bond donors (Lipinski definition) is 2. The van der Waals surface area contributed by atoms with E-state index in [-0.39, 0.29) is 43.2 Å². The predicted molar refractivity (Wildman–Crippen MR) is 114 cm³/mol. The second-order valence-corrected chi connectivity index (χ2v) is 7.95. The van der Waals surface area contributed by atoms with Crippen molar-refractivity contribution in [2.75, 3.05) is 25.0 Å². The summed E-state index contributed by atoms with van der Waals surface area (Å²) in [6, 6.07) is 9.47. The average Bonchev–Trinajstić information content (AvgIpc) is 3.45. The van der Waals surface area contributed by atoms with Crippen molar-refractivity contribution in [1.29, 1.82) is 0 Å². The minimum Gasteiger partial charge on any atom is -0.376 e. The zero-order chi connectivity index (χ0) is 21.2. The molecule has 30 heavy (non-hydrogen) atoms. The fourth-order valence-corrected chi connectivity index (χ4v) is 3.69. The van der Waals surface area contributed by atoms with Gasteiger partial charge in [-0.05, 0) is 18.4 Å². The molecule has 1 aliphatic rings. The molecule has 2 N–H and O–H groups in total. The van der Waals surface area contributed by atoms with Crippen molar-refractivity contribution in [3.8, 4) is 0 Å². The Morgan fingerprint density at radius 2 is 2.00 bits per heavy atom. The molecule has 9 heteroatoms. The molecule has 2 heterocycles. The van der Waals surface area contributed by atoms with Crippen molar-refractivity contribution in [1.82, 2.24) is 15.2 Å². The first-order valence-electron chi connectivity index (χ1n) is 9.99. The van der Waals surface area contributed by atoms with E-state index in [4.69, 9.17) is 4.74 Å². The van der Waals surface area contributed by atoms with Crippen molar-refractivity contribution >= 4 is 34.2 Å². The number of benzene rings is 1. The van der Waals surface area contributed by atoms with Gasteiger partial charge in [0, 0.05) is 44.1 Å². The molecule has 1 atom stereocenters. The summed E-state index contributed by atoms with van der Waals surface area (Å²) in [6.45, 7) is 1.42. The monoisotopic (exact) mass is 430 g/mol. The van der Waals surface area contributed by atoms with Crippen LogP contribution in [-0.2, 0) is 25.7 Å². The van der Waals surface area contributed by atoms with Gasteiger partial charge in [-0.15, -0.1) is 11.3 Å². The van der Waals surface area contributed by atoms with Crippen LogP contribution in [0.5, 0.6) is 0 Å². The average molecular weight is 431 g/mol. The van der Waals surface area contributed by atoms with E-state index in [0.717, 1.165) is 25.0 Å². The van der Waals surface area contributed by atoms with E-state index in [1.54, 1.807) is 11.6 Å². The summed E-state index contributed by atoms with van der Waals surface area (Å²) in [5.41, 5.74) is 0.921. The van der Waals surface area contributed by atoms with Gasteiger partial charge in [0.1, 0.15) is 0 Å². The molecule has 0 aliphatic carbocycles. The lowest BCUT2D eigenvalue weighted by Crippen LogP contribution is -2.42. The van der Waals surface area contributed by atoms with Crippen LogP contribution in [0.15, 0.2) is 41.9 Å². The lowest BCUT2D eigenvalue weighted by Gasteiger charge is -2.23. The molecule has 8 nitrogen and oxygen atoms in total. The van der Waals surface area contributed by atoms with Crippen LogP contribution in [0.1, 0.15) is 31.2 Å². The van der Waals surface area contributed by atoms with Gasteiger partial charge in [0.15, 0.2) is 5.13 Å². The van der Waals surface area contributed by atoms with Crippen LogP contribution in [0.3, 0.4) is 0 Å². The molecule has 160 valence electrons. The zero-order valence-electron chi connectivity index (χ0n) is 16.7. The molecule has 3 amide bonds. The summed E-state index contributed by atoms with van der Waals surface area (Å²) in [4.78, 5) is 42.7. The first kappa shape index (κ1) is 21.9. The van der Waals surface area contributed by atoms with Crippen LogP contribution in [0.4, 0.5) is 5.13 Å². The molecule has 1 saturated heterocycles. The minimum atomic E-state index is -0.277. The number of thiazole rings is 1. The maximum atomic E-state index is 12.8. The normalized spacial score (nSPS) is 15.5. The number of hydrogen-bond acceptors (Lipinski definition) is 6. The van der Waals surface area contributed by atoms with Gasteiger partial charge < -0.3 is 20.3 Å². The fraction of sp³-hybridized carbons (Fsp3) is 0.429. The number of nitrogens with one attached hydrogen (secondary N) is 2. The van der Waals surface area contributed by atoms with Crippen LogP contribution >= 0.6 is 11.3 Å². The molecular weight excluding hydrogens is 404 g/mol. The fourth-order valence-electron chi connectivity index (χ4n) is 3.14. The van der Waals surface area contributed by atoms with Gasteiger partial charge in [-0.1, -0.05) is 30.3 Å². The number of aromatic nitrogens is 1. The molecule has 0 bridgehead atoms. The third-order valence-electron chi connectivity index (χ3n) is 4.70. The Bertz CT molecular complexity index is 823. The SMILES string of the molecule is O=C(CN(Cc1ccccc1)C(=O)CCC(=O)Nc1nccs1)NC[C@@H]1CCCO1. The van der Waals surface area contributed by atoms with Gasteiger partial charge in [0.2, 0.25) is 17.7 Å². The first-order valence-corrected chi connectivity index (χ1v) is 10.9. The van der Waals surface area contributed by atoms with Crippen molar-refractivity contribution in [3.05, 3.63) is 47.5 Å². The van der Waals surface area contributed by atoms with Crippen LogP contribution in [0, 0.1) is 0 Å². The highest BCUT2D eigenvalue weighted by Crippen LogP contribution is 2.13. The summed E-state index contributed by atoms with van der Waals surface area (Å²) in [5, 5.41) is 7.77. The van der Waals surface area contributed by atoms with E-state index < -0.39 is 0 Å². The highest BCUT2D eigenvalue weighted by atomic mass is 32.1. The van der Waals surface area contributed by atoms with Crippen LogP contribution in [0.25, 0.3) is 0 Å². The number of nitrogens with zero attached hydrogens (tertiary/aromatic N) is 2. The van der Waals surface area contributed by atoms with Gasteiger partial charge in [0.25, 0.3) is 0 Å². The van der Waals surface area contributed by atoms with Crippen LogP contribution in [0.2, 0.25) is 0 Å². The summed E-state index contributed by atoms with van der Waals surface area (Å²) in [6.07, 6.45) is 3.62. The van der Waals surface area contributed by atoms with E-state index in [1.165, 1.54) is 16.2 Å². The highest BCUT2D eigenvalue weighted by molar-refractivity contribution is 7.13. The number of anilines is 1. The smallest absolute Gasteiger partial charge is 0.239 e. The van der Waals surface area contributed by atoms with Crippen molar-refractivity contribution in [2.24, 2.45) is 0 Å². The Morgan fingerprint density at radius 1 is 1.17 bits per heavy atom. The standard InChI is InChI=1S/C21H26N4O4S/c26-18(24-21-22-10-12-30-21)8-9-20(28)25(14-16-5-2-1-3-6-16)15-19(27)23-13-17-7-4-11-29-17/h1-3,5-6,10,12,17H,4,7-9,11,13-15H2,(H,23,27)(H,22,24,26)/t17-/m0/s1. The Morgan fingerprint density at radius 3 is 2.70 bits per heavy atom. The second kappa shape index (κ2) is 11.4. The van der Waals surface area contributed by atoms with Gasteiger partial charge >= 0.3 is 0 Å². The molecule has 1 aromatic heterocycles. The molecule has 0 radical (unpaired) electrons. The predicted octanol–water partition coefficient (Wildman–Crippen LogP) is 2.19. The molecule has 1 aliphatic heterocycles. The molecule has 0 spiro atoms. The van der Waals surface area contributed by atoms with Crippen molar-refractivity contribution < 1.29 is 19.1 Å². The lowest BCUT2D eigenvalue weighted by molar-refractivity contribution is -0.137. The van der Waals surface area contributed by atoms with Gasteiger partial charge in [-0.2, -0.15) is 0 Å². The number of carbonyl (C=O) groups excluding carboxylic acids is 3. The van der Waals surface area contributed by atoms with E-state index in [9.17, 15) is 14.4 Å². The highest BCUT2D eigenvalue weighted by Gasteiger charge is 2.21. The minimum absolute atomic E-state index is 0.0169. The molecular formula is C21H26N4O4S. The Labute approximate surface area is 179 Å². The van der Waals surface area contributed by atoms with E-state index in [0.29, 0.717) is 18.2 Å². The summed E-state index contributed by atoms with van der Waals surface area (Å²) in [7, 11) is 0. The second-order valence-electron chi connectivity index (χ2n) is 7.06. The Hall–Kier alpha value is -2.78.